The number of hydrogen-bond donors (Lipinski definition) is 5. The highest BCUT2D eigenvalue weighted by Crippen LogP contribution is 2.26. The number of carbonyl (C=O) groups is 3. The van der Waals surface area contributed by atoms with E-state index in [1.807, 2.05) is 0 Å². The van der Waals surface area contributed by atoms with Gasteiger partial charge in [-0.15, -0.1) is 0 Å². The van der Waals surface area contributed by atoms with Crippen molar-refractivity contribution in [2.75, 3.05) is 13.6 Å². The fourth-order valence-electron chi connectivity index (χ4n) is 3.50. The average Bonchev–Trinajstić information content (AvgIpc) is 3.36. The molecule has 35 heavy (non-hydrogen) atoms. The Labute approximate surface area is 205 Å². The molecule has 0 saturated heterocycles. The number of nitrogens with one attached hydrogen (secondary N) is 4. The van der Waals surface area contributed by atoms with Crippen molar-refractivity contribution in [1.82, 2.24) is 31.4 Å². The van der Waals surface area contributed by atoms with Gasteiger partial charge in [0.05, 0.1) is 12.7 Å². The van der Waals surface area contributed by atoms with E-state index in [1.54, 1.807) is 31.3 Å². The number of H-pyrrole nitrogens is 1. The molecule has 0 aliphatic rings. The van der Waals surface area contributed by atoms with Crippen LogP contribution < -0.4 is 16.0 Å². The number of carboxylic acid groups (broad SMARTS) is 1. The number of likely N-dealkylation sites (N-methyl/N-ethyl adjacent to an activating group) is 1. The van der Waals surface area contributed by atoms with Gasteiger partial charge >= 0.3 is 5.97 Å². The lowest BCUT2D eigenvalue weighted by Gasteiger charge is -2.23. The number of benzene rings is 2. The first kappa shape index (κ1) is 25.8. The molecule has 184 valence electrons. The van der Waals surface area contributed by atoms with E-state index in [0.29, 0.717) is 16.1 Å². The Morgan fingerprint density at radius 3 is 2.51 bits per heavy atom. The van der Waals surface area contributed by atoms with Crippen LogP contribution in [0.3, 0.4) is 0 Å². The summed E-state index contributed by atoms with van der Waals surface area (Å²) in [6.45, 7) is -0.0543. The highest BCUT2D eigenvalue weighted by atomic mass is 35.5. The lowest BCUT2D eigenvalue weighted by molar-refractivity contribution is -0.142. The molecule has 0 bridgehead atoms. The molecular formula is C23H24ClFN6O4. The summed E-state index contributed by atoms with van der Waals surface area (Å²) in [5, 5.41) is 27.5. The third-order valence-electron chi connectivity index (χ3n) is 5.15. The molecule has 5 N–H and O–H groups in total. The third-order valence-corrected chi connectivity index (χ3v) is 5.38. The van der Waals surface area contributed by atoms with Crippen LogP contribution in [0.4, 0.5) is 4.39 Å². The van der Waals surface area contributed by atoms with Crippen LogP contribution in [0.5, 0.6) is 0 Å². The first-order chi connectivity index (χ1) is 16.8. The fraction of sp³-hybridized carbons (Fsp3) is 0.261. The highest BCUT2D eigenvalue weighted by molar-refractivity contribution is 6.30. The zero-order valence-electron chi connectivity index (χ0n) is 18.7. The van der Waals surface area contributed by atoms with E-state index in [-0.39, 0.29) is 25.1 Å². The van der Waals surface area contributed by atoms with Gasteiger partial charge in [-0.25, -0.2) is 9.18 Å². The van der Waals surface area contributed by atoms with Gasteiger partial charge in [-0.1, -0.05) is 35.9 Å². The number of amides is 2. The summed E-state index contributed by atoms with van der Waals surface area (Å²) in [6, 6.07) is 9.29. The normalized spacial score (nSPS) is 12.5. The van der Waals surface area contributed by atoms with Gasteiger partial charge in [0.1, 0.15) is 11.9 Å². The Morgan fingerprint density at radius 2 is 1.89 bits per heavy atom. The molecule has 12 heteroatoms. The van der Waals surface area contributed by atoms with Crippen LogP contribution in [0.1, 0.15) is 22.5 Å². The Morgan fingerprint density at radius 1 is 1.14 bits per heavy atom. The van der Waals surface area contributed by atoms with Gasteiger partial charge < -0.3 is 21.1 Å². The van der Waals surface area contributed by atoms with E-state index in [1.165, 1.54) is 24.4 Å². The second-order valence-electron chi connectivity index (χ2n) is 7.78. The quantitative estimate of drug-likeness (QED) is 0.268. The molecule has 1 heterocycles. The van der Waals surface area contributed by atoms with Crippen molar-refractivity contribution in [3.8, 4) is 11.1 Å². The number of hydrogen-bond acceptors (Lipinski definition) is 6. The maximum atomic E-state index is 14.2. The molecule has 0 spiro atoms. The van der Waals surface area contributed by atoms with Crippen LogP contribution in [-0.4, -0.2) is 64.0 Å². The highest BCUT2D eigenvalue weighted by Gasteiger charge is 2.26. The van der Waals surface area contributed by atoms with Crippen molar-refractivity contribution in [3.63, 3.8) is 0 Å². The number of aromatic nitrogens is 3. The second-order valence-corrected chi connectivity index (χ2v) is 8.21. The molecule has 0 radical (unpaired) electrons. The number of carbonyl (C=O) groups excluding carboxylic acids is 2. The summed E-state index contributed by atoms with van der Waals surface area (Å²) < 4.78 is 14.2. The zero-order chi connectivity index (χ0) is 25.4. The topological polar surface area (TPSA) is 149 Å². The minimum absolute atomic E-state index is 0.0351. The van der Waals surface area contributed by atoms with Crippen LogP contribution in [0.15, 0.2) is 48.7 Å². The van der Waals surface area contributed by atoms with Crippen LogP contribution in [0, 0.1) is 5.82 Å². The predicted molar refractivity (Wildman–Crippen MR) is 126 cm³/mol. The fourth-order valence-corrected chi connectivity index (χ4v) is 3.67. The van der Waals surface area contributed by atoms with Crippen molar-refractivity contribution in [2.24, 2.45) is 0 Å². The molecule has 3 rings (SSSR count). The van der Waals surface area contributed by atoms with E-state index in [4.69, 9.17) is 11.6 Å². The summed E-state index contributed by atoms with van der Waals surface area (Å²) in [5.74, 6) is -2.69. The molecule has 0 unspecified atom stereocenters. The van der Waals surface area contributed by atoms with Crippen molar-refractivity contribution >= 4 is 29.4 Å². The maximum absolute atomic E-state index is 14.2. The molecule has 0 aliphatic heterocycles. The molecule has 2 amide bonds. The third kappa shape index (κ3) is 7.33. The standard InChI is InChI=1S/C23H24ClFN6O4/c1-26-12-21(32)29-19(23(34)35)10-16(28-22(33)20-11-27-31-30-20)8-13-2-4-14(5-3-13)17-9-15(24)6-7-18(17)25/h2-7,9,11,16,19,26H,8,10,12H2,1H3,(H,28,33)(H,29,32)(H,34,35)(H,27,30,31)/t16-,19-/m1/s1. The molecular weight excluding hydrogens is 479 g/mol. The number of nitrogens with zero attached hydrogens (tertiary/aromatic N) is 2. The Hall–Kier alpha value is -3.83. The Balaban J connectivity index is 1.80. The first-order valence-corrected chi connectivity index (χ1v) is 11.0. The lowest BCUT2D eigenvalue weighted by Crippen LogP contribution is -2.49. The van der Waals surface area contributed by atoms with Gasteiger partial charge in [0.25, 0.3) is 5.91 Å². The van der Waals surface area contributed by atoms with E-state index in [2.05, 4.69) is 31.4 Å². The second kappa shape index (κ2) is 12.0. The van der Waals surface area contributed by atoms with Crippen LogP contribution in [-0.2, 0) is 16.0 Å². The molecule has 0 saturated carbocycles. The van der Waals surface area contributed by atoms with Gasteiger partial charge in [0.15, 0.2) is 5.69 Å². The summed E-state index contributed by atoms with van der Waals surface area (Å²) in [7, 11) is 1.56. The number of aromatic amines is 1. The van der Waals surface area contributed by atoms with Crippen LogP contribution in [0.25, 0.3) is 11.1 Å². The lowest BCUT2D eigenvalue weighted by atomic mass is 9.96. The van der Waals surface area contributed by atoms with Gasteiger partial charge in [0, 0.05) is 16.6 Å². The molecule has 0 fully saturated rings. The van der Waals surface area contributed by atoms with Crippen molar-refractivity contribution < 1.29 is 23.9 Å². The van der Waals surface area contributed by atoms with E-state index >= 15 is 0 Å². The van der Waals surface area contributed by atoms with Gasteiger partial charge in [-0.2, -0.15) is 15.4 Å². The minimum atomic E-state index is -1.24. The van der Waals surface area contributed by atoms with Crippen molar-refractivity contribution in [2.45, 2.75) is 24.9 Å². The summed E-state index contributed by atoms with van der Waals surface area (Å²) in [4.78, 5) is 36.3. The van der Waals surface area contributed by atoms with E-state index in [0.717, 1.165) is 5.56 Å². The summed E-state index contributed by atoms with van der Waals surface area (Å²) in [6.07, 6.45) is 1.40. The van der Waals surface area contributed by atoms with Crippen molar-refractivity contribution in [1.29, 1.82) is 0 Å². The number of halogens is 2. The molecule has 2 atom stereocenters. The van der Waals surface area contributed by atoms with Crippen molar-refractivity contribution in [3.05, 3.63) is 70.8 Å². The minimum Gasteiger partial charge on any atom is -0.480 e. The molecule has 3 aromatic rings. The van der Waals surface area contributed by atoms with Gasteiger partial charge in [0.2, 0.25) is 5.91 Å². The van der Waals surface area contributed by atoms with E-state index in [9.17, 15) is 23.9 Å². The Kier molecular flexibility index (Phi) is 8.87. The first-order valence-electron chi connectivity index (χ1n) is 10.6. The van der Waals surface area contributed by atoms with E-state index < -0.39 is 35.7 Å². The molecule has 1 aromatic heterocycles. The SMILES string of the molecule is CNCC(=O)N[C@H](C[C@@H](Cc1ccc(-c2cc(Cl)ccc2F)cc1)NC(=O)c1cn[nH]n1)C(=O)O. The average molecular weight is 503 g/mol. The molecule has 2 aromatic carbocycles. The molecule has 0 aliphatic carbocycles. The number of rotatable bonds is 11. The number of aliphatic carboxylic acids is 1. The van der Waals surface area contributed by atoms with Crippen LogP contribution >= 0.6 is 11.6 Å². The smallest absolute Gasteiger partial charge is 0.326 e. The zero-order valence-corrected chi connectivity index (χ0v) is 19.5. The Bertz CT molecular complexity index is 1170. The van der Waals surface area contributed by atoms with Gasteiger partial charge in [-0.05, 0) is 49.2 Å². The maximum Gasteiger partial charge on any atom is 0.326 e. The van der Waals surface area contributed by atoms with Crippen LogP contribution in [0.2, 0.25) is 5.02 Å². The number of carboxylic acids is 1. The largest absolute Gasteiger partial charge is 0.480 e. The van der Waals surface area contributed by atoms with Gasteiger partial charge in [-0.3, -0.25) is 9.59 Å². The summed E-state index contributed by atoms with van der Waals surface area (Å²) >= 11 is 5.99. The predicted octanol–water partition coefficient (Wildman–Crippen LogP) is 1.78. The molecule has 10 nitrogen and oxygen atoms in total. The monoisotopic (exact) mass is 502 g/mol. The summed E-state index contributed by atoms with van der Waals surface area (Å²) in [5.41, 5.74) is 1.75.